The topological polar surface area (TPSA) is 35.5 Å². The van der Waals surface area contributed by atoms with Gasteiger partial charge in [-0.3, -0.25) is 4.79 Å². The zero-order valence-corrected chi connectivity index (χ0v) is 8.47. The number of rotatable bonds is 4. The minimum Gasteiger partial charge on any atom is -0.465 e. The van der Waals surface area contributed by atoms with E-state index in [2.05, 4.69) is 6.92 Å². The molecule has 13 heavy (non-hydrogen) atoms. The van der Waals surface area contributed by atoms with Gasteiger partial charge in [-0.1, -0.05) is 13.3 Å². The Labute approximate surface area is 79.4 Å². The van der Waals surface area contributed by atoms with Gasteiger partial charge >= 0.3 is 5.97 Å². The van der Waals surface area contributed by atoms with Crippen molar-refractivity contribution in [3.63, 3.8) is 0 Å². The molecule has 1 heterocycles. The van der Waals surface area contributed by atoms with E-state index in [1.165, 1.54) is 0 Å². The van der Waals surface area contributed by atoms with Crippen molar-refractivity contribution in [2.24, 2.45) is 5.41 Å². The fraction of sp³-hybridized carbons (Fsp3) is 0.900. The zero-order chi connectivity index (χ0) is 9.73. The van der Waals surface area contributed by atoms with Crippen LogP contribution in [0.15, 0.2) is 0 Å². The minimum absolute atomic E-state index is 0.0987. The average molecular weight is 186 g/mol. The standard InChI is InChI=1S/C10H18O3/c1-3-4-6-13-9(11)10(2)5-7-12-8-10/h3-8H2,1-2H3. The summed E-state index contributed by atoms with van der Waals surface area (Å²) >= 11 is 0. The van der Waals surface area contributed by atoms with Crippen molar-refractivity contribution in [3.05, 3.63) is 0 Å². The SMILES string of the molecule is CCCCOC(=O)C1(C)CCOC1. The van der Waals surface area contributed by atoms with Gasteiger partial charge in [-0.05, 0) is 19.8 Å². The highest BCUT2D eigenvalue weighted by Crippen LogP contribution is 2.29. The molecule has 0 spiro atoms. The fourth-order valence-electron chi connectivity index (χ4n) is 1.31. The normalized spacial score (nSPS) is 27.5. The fourth-order valence-corrected chi connectivity index (χ4v) is 1.31. The number of unbranched alkanes of at least 4 members (excludes halogenated alkanes) is 1. The molecule has 76 valence electrons. The van der Waals surface area contributed by atoms with E-state index >= 15 is 0 Å². The Morgan fingerprint density at radius 2 is 2.38 bits per heavy atom. The molecule has 0 bridgehead atoms. The summed E-state index contributed by atoms with van der Waals surface area (Å²) < 4.78 is 10.3. The molecule has 1 saturated heterocycles. The monoisotopic (exact) mass is 186 g/mol. The Balaban J connectivity index is 2.29. The van der Waals surface area contributed by atoms with Crippen LogP contribution in [0, 0.1) is 5.41 Å². The van der Waals surface area contributed by atoms with Crippen molar-refractivity contribution < 1.29 is 14.3 Å². The summed E-state index contributed by atoms with van der Waals surface area (Å²) in [6.45, 7) is 5.73. The molecular weight excluding hydrogens is 168 g/mol. The van der Waals surface area contributed by atoms with Crippen molar-refractivity contribution >= 4 is 5.97 Å². The molecule has 1 aliphatic heterocycles. The Morgan fingerprint density at radius 1 is 1.62 bits per heavy atom. The average Bonchev–Trinajstić information content (AvgIpc) is 2.54. The van der Waals surface area contributed by atoms with Gasteiger partial charge < -0.3 is 9.47 Å². The van der Waals surface area contributed by atoms with Gasteiger partial charge in [-0.2, -0.15) is 0 Å². The van der Waals surface area contributed by atoms with Crippen LogP contribution in [0.4, 0.5) is 0 Å². The van der Waals surface area contributed by atoms with Crippen LogP contribution < -0.4 is 0 Å². The van der Waals surface area contributed by atoms with E-state index < -0.39 is 0 Å². The minimum atomic E-state index is -0.381. The van der Waals surface area contributed by atoms with Gasteiger partial charge in [-0.25, -0.2) is 0 Å². The summed E-state index contributed by atoms with van der Waals surface area (Å²) in [6.07, 6.45) is 2.79. The molecule has 1 fully saturated rings. The first-order chi connectivity index (χ1) is 6.19. The van der Waals surface area contributed by atoms with E-state index in [9.17, 15) is 4.79 Å². The molecule has 0 aliphatic carbocycles. The quantitative estimate of drug-likeness (QED) is 0.495. The number of hydrogen-bond donors (Lipinski definition) is 0. The van der Waals surface area contributed by atoms with Gasteiger partial charge in [0.05, 0.1) is 18.6 Å². The van der Waals surface area contributed by atoms with Crippen molar-refractivity contribution in [1.29, 1.82) is 0 Å². The van der Waals surface area contributed by atoms with E-state index in [4.69, 9.17) is 9.47 Å². The lowest BCUT2D eigenvalue weighted by atomic mass is 9.90. The lowest BCUT2D eigenvalue weighted by Crippen LogP contribution is -2.30. The molecule has 0 radical (unpaired) electrons. The second-order valence-corrected chi connectivity index (χ2v) is 3.85. The lowest BCUT2D eigenvalue weighted by Gasteiger charge is -2.19. The molecule has 1 aliphatic rings. The zero-order valence-electron chi connectivity index (χ0n) is 8.47. The van der Waals surface area contributed by atoms with E-state index in [1.54, 1.807) is 0 Å². The third-order valence-corrected chi connectivity index (χ3v) is 2.44. The Kier molecular flexibility index (Phi) is 3.72. The molecule has 1 unspecified atom stereocenters. The molecule has 3 heteroatoms. The van der Waals surface area contributed by atoms with Gasteiger partial charge in [0.1, 0.15) is 0 Å². The smallest absolute Gasteiger partial charge is 0.314 e. The van der Waals surface area contributed by atoms with Gasteiger partial charge in [-0.15, -0.1) is 0 Å². The number of ether oxygens (including phenoxy) is 2. The highest BCUT2D eigenvalue weighted by atomic mass is 16.5. The van der Waals surface area contributed by atoms with Crippen molar-refractivity contribution in [3.8, 4) is 0 Å². The maximum Gasteiger partial charge on any atom is 0.314 e. The number of carbonyl (C=O) groups is 1. The largest absolute Gasteiger partial charge is 0.465 e. The molecule has 0 saturated carbocycles. The predicted octanol–water partition coefficient (Wildman–Crippen LogP) is 1.76. The molecule has 0 N–H and O–H groups in total. The summed E-state index contributed by atoms with van der Waals surface area (Å²) in [4.78, 5) is 11.5. The summed E-state index contributed by atoms with van der Waals surface area (Å²) in [7, 11) is 0. The van der Waals surface area contributed by atoms with E-state index in [1.807, 2.05) is 6.92 Å². The highest BCUT2D eigenvalue weighted by molar-refractivity contribution is 5.76. The Hall–Kier alpha value is -0.570. The highest BCUT2D eigenvalue weighted by Gasteiger charge is 2.38. The van der Waals surface area contributed by atoms with Crippen LogP contribution in [0.5, 0.6) is 0 Å². The lowest BCUT2D eigenvalue weighted by molar-refractivity contribution is -0.154. The Morgan fingerprint density at radius 3 is 2.92 bits per heavy atom. The van der Waals surface area contributed by atoms with Crippen molar-refractivity contribution in [2.45, 2.75) is 33.1 Å². The second kappa shape index (κ2) is 4.61. The summed E-state index contributed by atoms with van der Waals surface area (Å²) in [6, 6.07) is 0. The molecule has 0 aromatic heterocycles. The molecule has 0 aromatic rings. The second-order valence-electron chi connectivity index (χ2n) is 3.85. The predicted molar refractivity (Wildman–Crippen MR) is 49.4 cm³/mol. The van der Waals surface area contributed by atoms with Crippen LogP contribution in [-0.4, -0.2) is 25.8 Å². The summed E-state index contributed by atoms with van der Waals surface area (Å²) in [5.41, 5.74) is -0.381. The van der Waals surface area contributed by atoms with Crippen LogP contribution >= 0.6 is 0 Å². The van der Waals surface area contributed by atoms with Gasteiger partial charge in [0.25, 0.3) is 0 Å². The molecule has 1 atom stereocenters. The first-order valence-corrected chi connectivity index (χ1v) is 4.94. The molecular formula is C10H18O3. The number of carbonyl (C=O) groups excluding carboxylic acids is 1. The van der Waals surface area contributed by atoms with Gasteiger partial charge in [0.2, 0.25) is 0 Å². The van der Waals surface area contributed by atoms with Crippen molar-refractivity contribution in [1.82, 2.24) is 0 Å². The Bertz CT molecular complexity index is 171. The summed E-state index contributed by atoms with van der Waals surface area (Å²) in [5.74, 6) is -0.0987. The van der Waals surface area contributed by atoms with Crippen LogP contribution in [0.1, 0.15) is 33.1 Å². The maximum atomic E-state index is 11.5. The van der Waals surface area contributed by atoms with Gasteiger partial charge in [0.15, 0.2) is 0 Å². The van der Waals surface area contributed by atoms with Crippen molar-refractivity contribution in [2.75, 3.05) is 19.8 Å². The van der Waals surface area contributed by atoms with Crippen LogP contribution in [0.25, 0.3) is 0 Å². The molecule has 0 aromatic carbocycles. The molecule has 1 rings (SSSR count). The van der Waals surface area contributed by atoms with Crippen LogP contribution in [0.2, 0.25) is 0 Å². The van der Waals surface area contributed by atoms with Crippen LogP contribution in [0.3, 0.4) is 0 Å². The molecule has 3 nitrogen and oxygen atoms in total. The van der Waals surface area contributed by atoms with E-state index in [0.717, 1.165) is 19.3 Å². The number of hydrogen-bond acceptors (Lipinski definition) is 3. The summed E-state index contributed by atoms with van der Waals surface area (Å²) in [5, 5.41) is 0. The maximum absolute atomic E-state index is 11.5. The first-order valence-electron chi connectivity index (χ1n) is 4.94. The van der Waals surface area contributed by atoms with Gasteiger partial charge in [0, 0.05) is 6.61 Å². The van der Waals surface area contributed by atoms with Crippen LogP contribution in [-0.2, 0) is 14.3 Å². The third kappa shape index (κ3) is 2.69. The first kappa shape index (κ1) is 10.5. The molecule has 0 amide bonds. The van der Waals surface area contributed by atoms with E-state index in [-0.39, 0.29) is 11.4 Å². The third-order valence-electron chi connectivity index (χ3n) is 2.44. The number of esters is 1. The van der Waals surface area contributed by atoms with E-state index in [0.29, 0.717) is 19.8 Å².